The maximum atomic E-state index is 8.60. The Morgan fingerprint density at radius 1 is 1.47 bits per heavy atom. The highest BCUT2D eigenvalue weighted by molar-refractivity contribution is 6.61. The molecular formula is C10H11BN2O2. The molecule has 0 unspecified atom stereocenters. The molecule has 76 valence electrons. The van der Waals surface area contributed by atoms with Gasteiger partial charge in [0.05, 0.1) is 0 Å². The van der Waals surface area contributed by atoms with E-state index < -0.39 is 0 Å². The van der Waals surface area contributed by atoms with E-state index in [1.165, 1.54) is 0 Å². The number of aromatic nitrogens is 1. The lowest BCUT2D eigenvalue weighted by Crippen LogP contribution is -2.43. The molecule has 0 saturated carbocycles. The van der Waals surface area contributed by atoms with Crippen LogP contribution in [0.5, 0.6) is 0 Å². The van der Waals surface area contributed by atoms with Crippen LogP contribution in [-0.4, -0.2) is 25.3 Å². The molecule has 1 aromatic rings. The summed E-state index contributed by atoms with van der Waals surface area (Å²) in [6.45, 7) is 3.47. The molecular weight excluding hydrogens is 191 g/mol. The highest BCUT2D eigenvalue weighted by Gasteiger charge is 2.27. The Morgan fingerprint density at radius 2 is 2.20 bits per heavy atom. The third-order valence-electron chi connectivity index (χ3n) is 2.24. The molecule has 0 spiro atoms. The fourth-order valence-corrected chi connectivity index (χ4v) is 1.40. The van der Waals surface area contributed by atoms with Gasteiger partial charge >= 0.3 is 7.12 Å². The third-order valence-corrected chi connectivity index (χ3v) is 2.24. The molecule has 0 bridgehead atoms. The fraction of sp³-hybridized carbons (Fsp3) is 0.400. The summed E-state index contributed by atoms with van der Waals surface area (Å²) in [4.78, 5) is 3.97. The van der Waals surface area contributed by atoms with Gasteiger partial charge in [0.1, 0.15) is 11.8 Å². The topological polar surface area (TPSA) is 55.1 Å². The van der Waals surface area contributed by atoms with Crippen LogP contribution in [0.2, 0.25) is 0 Å². The van der Waals surface area contributed by atoms with Gasteiger partial charge in [-0.1, -0.05) is 13.0 Å². The summed E-state index contributed by atoms with van der Waals surface area (Å²) in [5.74, 6) is 0.438. The normalized spacial score (nSPS) is 17.5. The number of hydrogen-bond acceptors (Lipinski definition) is 4. The molecule has 2 rings (SSSR count). The van der Waals surface area contributed by atoms with Crippen molar-refractivity contribution in [2.24, 2.45) is 5.92 Å². The molecule has 0 amide bonds. The molecule has 0 N–H and O–H groups in total. The first kappa shape index (κ1) is 10.2. The van der Waals surface area contributed by atoms with Gasteiger partial charge < -0.3 is 9.31 Å². The molecule has 1 aliphatic heterocycles. The van der Waals surface area contributed by atoms with Crippen LogP contribution in [0.3, 0.4) is 0 Å². The fourth-order valence-electron chi connectivity index (χ4n) is 1.40. The van der Waals surface area contributed by atoms with Crippen LogP contribution in [0.4, 0.5) is 0 Å². The van der Waals surface area contributed by atoms with Gasteiger partial charge in [0.15, 0.2) is 0 Å². The Labute approximate surface area is 89.0 Å². The van der Waals surface area contributed by atoms with Crippen LogP contribution >= 0.6 is 0 Å². The van der Waals surface area contributed by atoms with Gasteiger partial charge in [0.25, 0.3) is 0 Å². The minimum absolute atomic E-state index is 0.332. The van der Waals surface area contributed by atoms with Crippen molar-refractivity contribution in [2.45, 2.75) is 6.92 Å². The summed E-state index contributed by atoms with van der Waals surface area (Å²) < 4.78 is 11.0. The van der Waals surface area contributed by atoms with Crippen LogP contribution in [0.15, 0.2) is 18.3 Å². The van der Waals surface area contributed by atoms with E-state index in [1.807, 2.05) is 12.1 Å². The number of rotatable bonds is 1. The minimum atomic E-state index is -0.332. The summed E-state index contributed by atoms with van der Waals surface area (Å²) in [5.41, 5.74) is 1.27. The van der Waals surface area contributed by atoms with E-state index in [0.717, 1.165) is 5.46 Å². The van der Waals surface area contributed by atoms with Gasteiger partial charge in [-0.2, -0.15) is 5.26 Å². The highest BCUT2D eigenvalue weighted by Crippen LogP contribution is 2.07. The molecule has 1 aliphatic rings. The molecule has 0 aromatic carbocycles. The minimum Gasteiger partial charge on any atom is -0.407 e. The zero-order valence-electron chi connectivity index (χ0n) is 8.51. The number of hydrogen-bond donors (Lipinski definition) is 0. The number of pyridine rings is 1. The average molecular weight is 202 g/mol. The summed E-state index contributed by atoms with van der Waals surface area (Å²) in [5, 5.41) is 8.60. The Hall–Kier alpha value is -1.38. The Morgan fingerprint density at radius 3 is 2.73 bits per heavy atom. The predicted molar refractivity (Wildman–Crippen MR) is 55.4 cm³/mol. The molecule has 1 aromatic heterocycles. The highest BCUT2D eigenvalue weighted by atomic mass is 16.6. The van der Waals surface area contributed by atoms with Crippen molar-refractivity contribution < 1.29 is 9.31 Å². The van der Waals surface area contributed by atoms with Crippen LogP contribution < -0.4 is 5.46 Å². The maximum absolute atomic E-state index is 8.60. The molecule has 4 nitrogen and oxygen atoms in total. The van der Waals surface area contributed by atoms with Gasteiger partial charge in [0.2, 0.25) is 0 Å². The van der Waals surface area contributed by atoms with E-state index in [0.29, 0.717) is 24.8 Å². The van der Waals surface area contributed by atoms with Gasteiger partial charge in [-0.15, -0.1) is 0 Å². The van der Waals surface area contributed by atoms with Crippen LogP contribution in [-0.2, 0) is 9.31 Å². The summed E-state index contributed by atoms with van der Waals surface area (Å²) in [7, 11) is -0.332. The Kier molecular flexibility index (Phi) is 3.00. The van der Waals surface area contributed by atoms with E-state index in [2.05, 4.69) is 11.9 Å². The molecule has 5 heteroatoms. The first-order valence-corrected chi connectivity index (χ1v) is 4.89. The first-order chi connectivity index (χ1) is 7.29. The SMILES string of the molecule is CC1COB(c2ccc(C#N)nc2)OC1. The quantitative estimate of drug-likeness (QED) is 0.615. The van der Waals surface area contributed by atoms with Crippen molar-refractivity contribution in [3.05, 3.63) is 24.0 Å². The second kappa shape index (κ2) is 4.43. The van der Waals surface area contributed by atoms with Crippen LogP contribution in [0.25, 0.3) is 0 Å². The van der Waals surface area contributed by atoms with Gasteiger partial charge in [0, 0.05) is 24.9 Å². The first-order valence-electron chi connectivity index (χ1n) is 4.89. The molecule has 0 radical (unpaired) electrons. The van der Waals surface area contributed by atoms with Crippen molar-refractivity contribution in [1.29, 1.82) is 5.26 Å². The smallest absolute Gasteiger partial charge is 0.407 e. The second-order valence-corrected chi connectivity index (χ2v) is 3.69. The van der Waals surface area contributed by atoms with Crippen molar-refractivity contribution in [3.8, 4) is 6.07 Å². The third kappa shape index (κ3) is 2.35. The molecule has 15 heavy (non-hydrogen) atoms. The Balaban J connectivity index is 2.07. The van der Waals surface area contributed by atoms with Gasteiger partial charge in [-0.3, -0.25) is 0 Å². The molecule has 0 atom stereocenters. The number of nitriles is 1. The Bertz CT molecular complexity index is 366. The molecule has 1 fully saturated rings. The van der Waals surface area contributed by atoms with Crippen molar-refractivity contribution in [1.82, 2.24) is 4.98 Å². The molecule has 2 heterocycles. The lowest BCUT2D eigenvalue weighted by atomic mass is 9.78. The maximum Gasteiger partial charge on any atom is 0.495 e. The van der Waals surface area contributed by atoms with Crippen LogP contribution in [0, 0.1) is 17.2 Å². The zero-order valence-corrected chi connectivity index (χ0v) is 8.51. The van der Waals surface area contributed by atoms with Crippen molar-refractivity contribution in [2.75, 3.05) is 13.2 Å². The van der Waals surface area contributed by atoms with E-state index in [1.54, 1.807) is 12.3 Å². The summed E-state index contributed by atoms with van der Waals surface area (Å²) >= 11 is 0. The summed E-state index contributed by atoms with van der Waals surface area (Å²) in [6.07, 6.45) is 1.62. The van der Waals surface area contributed by atoms with Gasteiger partial charge in [-0.05, 0) is 12.0 Å². The monoisotopic (exact) mass is 202 g/mol. The second-order valence-electron chi connectivity index (χ2n) is 3.69. The van der Waals surface area contributed by atoms with E-state index in [-0.39, 0.29) is 7.12 Å². The van der Waals surface area contributed by atoms with Gasteiger partial charge in [-0.25, -0.2) is 4.98 Å². The van der Waals surface area contributed by atoms with Crippen LogP contribution in [0.1, 0.15) is 12.6 Å². The van der Waals surface area contributed by atoms with Crippen molar-refractivity contribution >= 4 is 12.6 Å². The van der Waals surface area contributed by atoms with E-state index >= 15 is 0 Å². The lowest BCUT2D eigenvalue weighted by molar-refractivity contribution is 0.0957. The van der Waals surface area contributed by atoms with E-state index in [4.69, 9.17) is 14.6 Å². The number of nitrogens with zero attached hydrogens (tertiary/aromatic N) is 2. The average Bonchev–Trinajstić information content (AvgIpc) is 2.30. The largest absolute Gasteiger partial charge is 0.495 e. The standard InChI is InChI=1S/C10H11BN2O2/c1-8-6-14-11(15-7-8)9-2-3-10(4-12)13-5-9/h2-3,5,8H,6-7H2,1H3. The van der Waals surface area contributed by atoms with E-state index in [9.17, 15) is 0 Å². The van der Waals surface area contributed by atoms with Crippen molar-refractivity contribution in [3.63, 3.8) is 0 Å². The molecule has 1 saturated heterocycles. The zero-order chi connectivity index (χ0) is 10.7. The predicted octanol–water partition coefficient (Wildman–Crippen LogP) is 0.331. The summed E-state index contributed by atoms with van der Waals surface area (Å²) in [6, 6.07) is 5.45. The lowest BCUT2D eigenvalue weighted by Gasteiger charge is -2.24. The molecule has 0 aliphatic carbocycles.